The van der Waals surface area contributed by atoms with Gasteiger partial charge in [-0.1, -0.05) is 18.2 Å². The lowest BCUT2D eigenvalue weighted by atomic mass is 10.0. The molecule has 6 nitrogen and oxygen atoms in total. The minimum atomic E-state index is 0.506. The molecule has 27 heavy (non-hydrogen) atoms. The fraction of sp³-hybridized carbons (Fsp3) is 0.0476. The third-order valence-corrected chi connectivity index (χ3v) is 4.40. The molecule has 1 N–H and O–H groups in total. The largest absolute Gasteiger partial charge is 0.424 e. The predicted molar refractivity (Wildman–Crippen MR) is 105 cm³/mol. The monoisotopic (exact) mass is 353 g/mol. The molecule has 130 valence electrons. The molecule has 0 amide bonds. The number of rotatable bonds is 3. The van der Waals surface area contributed by atoms with Crippen LogP contribution in [0.2, 0.25) is 0 Å². The van der Waals surface area contributed by atoms with Crippen LogP contribution in [0.4, 0.5) is 6.01 Å². The lowest BCUT2D eigenvalue weighted by Crippen LogP contribution is -1.91. The van der Waals surface area contributed by atoms with Gasteiger partial charge in [-0.25, -0.2) is 4.98 Å². The van der Waals surface area contributed by atoms with E-state index in [1.54, 1.807) is 19.4 Å². The van der Waals surface area contributed by atoms with Crippen molar-refractivity contribution < 1.29 is 4.42 Å². The third-order valence-electron chi connectivity index (χ3n) is 4.40. The molecular formula is C21H15N5O. The molecule has 0 fully saturated rings. The van der Waals surface area contributed by atoms with Crippen LogP contribution in [0.5, 0.6) is 0 Å². The zero-order valence-corrected chi connectivity index (χ0v) is 14.5. The second-order valence-corrected chi connectivity index (χ2v) is 6.13. The molecule has 3 heterocycles. The highest BCUT2D eigenvalue weighted by Crippen LogP contribution is 2.28. The highest BCUT2D eigenvalue weighted by molar-refractivity contribution is 5.86. The number of oxazole rings is 1. The fourth-order valence-electron chi connectivity index (χ4n) is 3.04. The van der Waals surface area contributed by atoms with Crippen LogP contribution in [-0.2, 0) is 0 Å². The number of aromatic nitrogens is 4. The van der Waals surface area contributed by atoms with Crippen molar-refractivity contribution in [2.24, 2.45) is 0 Å². The maximum Gasteiger partial charge on any atom is 0.295 e. The summed E-state index contributed by atoms with van der Waals surface area (Å²) in [7, 11) is 1.78. The van der Waals surface area contributed by atoms with Gasteiger partial charge in [0.2, 0.25) is 0 Å². The summed E-state index contributed by atoms with van der Waals surface area (Å²) in [6.45, 7) is 0. The van der Waals surface area contributed by atoms with Gasteiger partial charge in [0.1, 0.15) is 11.2 Å². The van der Waals surface area contributed by atoms with E-state index in [1.807, 2.05) is 54.6 Å². The zero-order chi connectivity index (χ0) is 18.2. The zero-order valence-electron chi connectivity index (χ0n) is 14.5. The molecule has 6 heteroatoms. The molecule has 0 aliphatic carbocycles. The molecule has 0 aliphatic rings. The van der Waals surface area contributed by atoms with Gasteiger partial charge in [0.25, 0.3) is 6.01 Å². The van der Waals surface area contributed by atoms with E-state index in [0.717, 1.165) is 44.6 Å². The molecule has 0 spiro atoms. The first-order valence-electron chi connectivity index (χ1n) is 8.57. The van der Waals surface area contributed by atoms with Crippen molar-refractivity contribution in [3.8, 4) is 22.5 Å². The molecule has 0 unspecified atom stereocenters. The van der Waals surface area contributed by atoms with Gasteiger partial charge < -0.3 is 9.73 Å². The summed E-state index contributed by atoms with van der Waals surface area (Å²) in [6, 6.07) is 18.3. The molecule has 3 aromatic heterocycles. The first kappa shape index (κ1) is 15.5. The number of nitrogens with one attached hydrogen (secondary N) is 1. The van der Waals surface area contributed by atoms with Crippen LogP contribution in [-0.4, -0.2) is 27.0 Å². The Morgan fingerprint density at radius 2 is 1.63 bits per heavy atom. The SMILES string of the molecule is CNc1nc2cc(-c3ccc4ncc(-c5ccccn5)nc4c3)ccc2o1. The highest BCUT2D eigenvalue weighted by Gasteiger charge is 2.09. The van der Waals surface area contributed by atoms with Crippen molar-refractivity contribution in [3.63, 3.8) is 0 Å². The molecule has 0 radical (unpaired) electrons. The van der Waals surface area contributed by atoms with Gasteiger partial charge in [0.05, 0.1) is 22.9 Å². The summed E-state index contributed by atoms with van der Waals surface area (Å²) in [4.78, 5) is 18.0. The molecule has 0 atom stereocenters. The van der Waals surface area contributed by atoms with Gasteiger partial charge in [-0.05, 0) is 47.5 Å². The van der Waals surface area contributed by atoms with Crippen LogP contribution < -0.4 is 5.32 Å². The summed E-state index contributed by atoms with van der Waals surface area (Å²) in [5.41, 5.74) is 6.89. The van der Waals surface area contributed by atoms with Gasteiger partial charge in [0, 0.05) is 13.2 Å². The molecule has 0 saturated heterocycles. The van der Waals surface area contributed by atoms with Crippen LogP contribution in [0.3, 0.4) is 0 Å². The molecule has 0 saturated carbocycles. The Hall–Kier alpha value is -3.80. The Morgan fingerprint density at radius 1 is 0.778 bits per heavy atom. The maximum atomic E-state index is 5.59. The summed E-state index contributed by atoms with van der Waals surface area (Å²) >= 11 is 0. The molecule has 0 bridgehead atoms. The number of nitrogens with zero attached hydrogens (tertiary/aromatic N) is 4. The summed E-state index contributed by atoms with van der Waals surface area (Å²) < 4.78 is 5.59. The van der Waals surface area contributed by atoms with E-state index in [4.69, 9.17) is 9.40 Å². The summed E-state index contributed by atoms with van der Waals surface area (Å²) in [5, 5.41) is 2.92. The van der Waals surface area contributed by atoms with Crippen LogP contribution >= 0.6 is 0 Å². The predicted octanol–water partition coefficient (Wildman–Crippen LogP) is 4.54. The Morgan fingerprint density at radius 3 is 2.44 bits per heavy atom. The second kappa shape index (κ2) is 6.17. The quantitative estimate of drug-likeness (QED) is 0.513. The second-order valence-electron chi connectivity index (χ2n) is 6.13. The van der Waals surface area contributed by atoms with Crippen molar-refractivity contribution in [3.05, 3.63) is 67.0 Å². The third kappa shape index (κ3) is 2.77. The van der Waals surface area contributed by atoms with Gasteiger partial charge in [-0.2, -0.15) is 4.98 Å². The Bertz CT molecular complexity index is 1260. The van der Waals surface area contributed by atoms with Crippen LogP contribution in [0.25, 0.3) is 44.6 Å². The molecule has 5 aromatic rings. The lowest BCUT2D eigenvalue weighted by Gasteiger charge is -2.05. The molecule has 0 aliphatic heterocycles. The molecular weight excluding hydrogens is 338 g/mol. The number of hydrogen-bond donors (Lipinski definition) is 1. The van der Waals surface area contributed by atoms with Crippen molar-refractivity contribution in [1.82, 2.24) is 19.9 Å². The van der Waals surface area contributed by atoms with E-state index in [9.17, 15) is 0 Å². The minimum Gasteiger partial charge on any atom is -0.424 e. The van der Waals surface area contributed by atoms with Gasteiger partial charge in [-0.15, -0.1) is 0 Å². The number of benzene rings is 2. The highest BCUT2D eigenvalue weighted by atomic mass is 16.4. The van der Waals surface area contributed by atoms with Crippen molar-refractivity contribution in [2.45, 2.75) is 0 Å². The topological polar surface area (TPSA) is 76.7 Å². The maximum absolute atomic E-state index is 5.59. The van der Waals surface area contributed by atoms with Crippen molar-refractivity contribution in [2.75, 3.05) is 12.4 Å². The Kier molecular flexibility index (Phi) is 3.53. The lowest BCUT2D eigenvalue weighted by molar-refractivity contribution is 0.620. The van der Waals surface area contributed by atoms with E-state index in [1.165, 1.54) is 0 Å². The number of anilines is 1. The van der Waals surface area contributed by atoms with Crippen LogP contribution in [0.1, 0.15) is 0 Å². The Labute approximate surface area is 154 Å². The number of hydrogen-bond acceptors (Lipinski definition) is 6. The average molecular weight is 353 g/mol. The van der Waals surface area contributed by atoms with Crippen LogP contribution in [0, 0.1) is 0 Å². The number of pyridine rings is 1. The standard InChI is InChI=1S/C21H15N5O/c1-22-21-26-18-11-14(6-8-20(18)27-21)13-5-7-16-17(10-13)25-19(12-24-16)15-4-2-3-9-23-15/h2-12H,1H3,(H,22,26). The van der Waals surface area contributed by atoms with E-state index in [0.29, 0.717) is 6.01 Å². The fourth-order valence-corrected chi connectivity index (χ4v) is 3.04. The van der Waals surface area contributed by atoms with E-state index in [-0.39, 0.29) is 0 Å². The van der Waals surface area contributed by atoms with E-state index in [2.05, 4.69) is 20.3 Å². The Balaban J connectivity index is 1.61. The van der Waals surface area contributed by atoms with E-state index >= 15 is 0 Å². The van der Waals surface area contributed by atoms with Gasteiger partial charge in [0.15, 0.2) is 5.58 Å². The molecule has 5 rings (SSSR count). The first-order valence-corrected chi connectivity index (χ1v) is 8.57. The summed E-state index contributed by atoms with van der Waals surface area (Å²) in [6.07, 6.45) is 3.51. The van der Waals surface area contributed by atoms with Crippen molar-refractivity contribution >= 4 is 28.1 Å². The van der Waals surface area contributed by atoms with Crippen molar-refractivity contribution in [1.29, 1.82) is 0 Å². The minimum absolute atomic E-state index is 0.506. The summed E-state index contributed by atoms with van der Waals surface area (Å²) in [5.74, 6) is 0. The normalized spacial score (nSPS) is 11.1. The van der Waals surface area contributed by atoms with Gasteiger partial charge in [-0.3, -0.25) is 9.97 Å². The smallest absolute Gasteiger partial charge is 0.295 e. The van der Waals surface area contributed by atoms with Gasteiger partial charge >= 0.3 is 0 Å². The molecule has 2 aromatic carbocycles. The number of fused-ring (bicyclic) bond motifs is 2. The first-order chi connectivity index (χ1) is 13.3. The van der Waals surface area contributed by atoms with Crippen LogP contribution in [0.15, 0.2) is 71.4 Å². The average Bonchev–Trinajstić information content (AvgIpc) is 3.16. The van der Waals surface area contributed by atoms with E-state index < -0.39 is 0 Å².